The van der Waals surface area contributed by atoms with Crippen LogP contribution in [-0.2, 0) is 4.74 Å². The molecule has 0 saturated heterocycles. The van der Waals surface area contributed by atoms with Crippen LogP contribution in [0.2, 0.25) is 0 Å². The highest BCUT2D eigenvalue weighted by Crippen LogP contribution is 2.33. The second-order valence-corrected chi connectivity index (χ2v) is 7.25. The molecule has 0 spiro atoms. The number of rotatable bonds is 5. The normalized spacial score (nSPS) is 20.7. The molecule has 1 aromatic heterocycles. The number of hydrazine groups is 1. The highest BCUT2D eigenvalue weighted by molar-refractivity contribution is 5.95. The molecule has 1 fully saturated rings. The number of nitrogens with two attached hydrogens (primary N) is 1. The molecule has 148 valence electrons. The van der Waals surface area contributed by atoms with E-state index in [0.717, 1.165) is 30.5 Å². The average molecular weight is 374 g/mol. The number of amidine groups is 1. The molecule has 1 unspecified atom stereocenters. The van der Waals surface area contributed by atoms with Gasteiger partial charge in [0, 0.05) is 6.04 Å². The van der Waals surface area contributed by atoms with Crippen molar-refractivity contribution in [1.82, 2.24) is 20.7 Å². The topological polar surface area (TPSA) is 115 Å². The van der Waals surface area contributed by atoms with E-state index in [-0.39, 0.29) is 18.2 Å². The SMILES string of the molecule is C/C(=C\C(=Nc1cnc(C)nc1C)NN)[C@H]1CCC(OC(=O)NC(C)C)C1. The Labute approximate surface area is 160 Å². The zero-order chi connectivity index (χ0) is 20.0. The first-order valence-corrected chi connectivity index (χ1v) is 9.29. The molecule has 1 amide bonds. The number of nitrogens with one attached hydrogen (secondary N) is 2. The van der Waals surface area contributed by atoms with Gasteiger partial charge in [0.25, 0.3) is 0 Å². The Hall–Kier alpha value is -2.48. The molecule has 4 N–H and O–H groups in total. The Balaban J connectivity index is 2.02. The molecule has 1 heterocycles. The van der Waals surface area contributed by atoms with Crippen LogP contribution in [0.3, 0.4) is 0 Å². The molecule has 0 radical (unpaired) electrons. The Kier molecular flexibility index (Phi) is 7.29. The summed E-state index contributed by atoms with van der Waals surface area (Å²) in [6.45, 7) is 9.60. The van der Waals surface area contributed by atoms with Crippen molar-refractivity contribution in [2.24, 2.45) is 16.8 Å². The summed E-state index contributed by atoms with van der Waals surface area (Å²) in [4.78, 5) is 24.8. The molecule has 8 heteroatoms. The summed E-state index contributed by atoms with van der Waals surface area (Å²) in [6, 6.07) is 0.0694. The summed E-state index contributed by atoms with van der Waals surface area (Å²) < 4.78 is 5.49. The van der Waals surface area contributed by atoms with Crippen LogP contribution in [0.15, 0.2) is 22.8 Å². The molecule has 2 rings (SSSR count). The van der Waals surface area contributed by atoms with E-state index in [4.69, 9.17) is 10.6 Å². The summed E-state index contributed by atoms with van der Waals surface area (Å²) in [6.07, 6.45) is 5.83. The standard InChI is InChI=1S/C19H30N6O2/c1-11(2)22-19(26)27-16-7-6-15(9-16)12(3)8-18(25-20)24-17-10-21-14(5)23-13(17)4/h8,10-11,15-16H,6-7,9,20H2,1-5H3,(H,22,26)(H,24,25)/b12-8+/t15-,16?/m0/s1. The van der Waals surface area contributed by atoms with Gasteiger partial charge < -0.3 is 15.5 Å². The van der Waals surface area contributed by atoms with Crippen LogP contribution in [-0.4, -0.2) is 34.0 Å². The number of carbonyl (C=O) groups excluding carboxylic acids is 1. The minimum Gasteiger partial charge on any atom is -0.446 e. The van der Waals surface area contributed by atoms with E-state index < -0.39 is 0 Å². The minimum absolute atomic E-state index is 0.0592. The molecule has 1 aromatic rings. The van der Waals surface area contributed by atoms with Crippen molar-refractivity contribution in [3.63, 3.8) is 0 Å². The highest BCUT2D eigenvalue weighted by Gasteiger charge is 2.28. The number of aromatic nitrogens is 2. The first kappa shape index (κ1) is 20.8. The smallest absolute Gasteiger partial charge is 0.407 e. The largest absolute Gasteiger partial charge is 0.446 e. The van der Waals surface area contributed by atoms with Gasteiger partial charge in [-0.15, -0.1) is 0 Å². The van der Waals surface area contributed by atoms with Gasteiger partial charge in [0.2, 0.25) is 0 Å². The van der Waals surface area contributed by atoms with E-state index >= 15 is 0 Å². The van der Waals surface area contributed by atoms with Crippen LogP contribution in [0.4, 0.5) is 10.5 Å². The third-order valence-electron chi connectivity index (χ3n) is 4.54. The second-order valence-electron chi connectivity index (χ2n) is 7.25. The average Bonchev–Trinajstić information content (AvgIpc) is 3.04. The number of allylic oxidation sites excluding steroid dienone is 1. The molecule has 1 saturated carbocycles. The molecular formula is C19H30N6O2. The second kappa shape index (κ2) is 9.45. The van der Waals surface area contributed by atoms with Gasteiger partial charge in [-0.05, 0) is 65.9 Å². The number of aryl methyl sites for hydroxylation is 2. The van der Waals surface area contributed by atoms with Gasteiger partial charge in [-0.2, -0.15) is 0 Å². The maximum absolute atomic E-state index is 11.8. The Morgan fingerprint density at radius 1 is 1.41 bits per heavy atom. The summed E-state index contributed by atoms with van der Waals surface area (Å²) in [5, 5.41) is 2.76. The molecule has 0 aliphatic heterocycles. The van der Waals surface area contributed by atoms with Crippen molar-refractivity contribution in [2.45, 2.75) is 66.0 Å². The molecular weight excluding hydrogens is 344 g/mol. The molecule has 1 aliphatic rings. The number of alkyl carbamates (subject to hydrolysis) is 1. The van der Waals surface area contributed by atoms with Gasteiger partial charge in [-0.1, -0.05) is 5.57 Å². The Morgan fingerprint density at radius 2 is 2.15 bits per heavy atom. The van der Waals surface area contributed by atoms with E-state index in [1.165, 1.54) is 0 Å². The van der Waals surface area contributed by atoms with E-state index in [9.17, 15) is 4.79 Å². The number of hydrogen-bond donors (Lipinski definition) is 3. The fraction of sp³-hybridized carbons (Fsp3) is 0.579. The number of ether oxygens (including phenoxy) is 1. The third kappa shape index (κ3) is 6.32. The summed E-state index contributed by atoms with van der Waals surface area (Å²) in [5.41, 5.74) is 5.25. The lowest BCUT2D eigenvalue weighted by Gasteiger charge is -2.15. The lowest BCUT2D eigenvalue weighted by molar-refractivity contribution is 0.0975. The number of carbonyl (C=O) groups is 1. The first-order chi connectivity index (χ1) is 12.8. The van der Waals surface area contributed by atoms with Gasteiger partial charge >= 0.3 is 6.09 Å². The van der Waals surface area contributed by atoms with E-state index in [2.05, 4.69) is 25.7 Å². The summed E-state index contributed by atoms with van der Waals surface area (Å²) >= 11 is 0. The molecule has 0 bridgehead atoms. The monoisotopic (exact) mass is 374 g/mol. The van der Waals surface area contributed by atoms with E-state index in [0.29, 0.717) is 23.3 Å². The van der Waals surface area contributed by atoms with Gasteiger partial charge in [0.05, 0.1) is 11.9 Å². The van der Waals surface area contributed by atoms with Crippen molar-refractivity contribution >= 4 is 17.6 Å². The van der Waals surface area contributed by atoms with Gasteiger partial charge in [0.15, 0.2) is 0 Å². The predicted octanol–water partition coefficient (Wildman–Crippen LogP) is 2.84. The number of amides is 1. The Bertz CT molecular complexity index is 729. The predicted molar refractivity (Wildman–Crippen MR) is 106 cm³/mol. The molecule has 8 nitrogen and oxygen atoms in total. The summed E-state index contributed by atoms with van der Waals surface area (Å²) in [5.74, 6) is 7.23. The lowest BCUT2D eigenvalue weighted by atomic mass is 9.98. The van der Waals surface area contributed by atoms with E-state index in [1.54, 1.807) is 6.20 Å². The van der Waals surface area contributed by atoms with Crippen LogP contribution < -0.4 is 16.6 Å². The van der Waals surface area contributed by atoms with Crippen LogP contribution in [0.5, 0.6) is 0 Å². The third-order valence-corrected chi connectivity index (χ3v) is 4.54. The minimum atomic E-state index is -0.349. The number of aliphatic imine (C=N–C) groups is 1. The van der Waals surface area contributed by atoms with Gasteiger partial charge in [-0.3, -0.25) is 0 Å². The highest BCUT2D eigenvalue weighted by atomic mass is 16.6. The van der Waals surface area contributed by atoms with Gasteiger partial charge in [-0.25, -0.2) is 25.6 Å². The van der Waals surface area contributed by atoms with E-state index in [1.807, 2.05) is 40.7 Å². The van der Waals surface area contributed by atoms with Crippen LogP contribution in [0.1, 0.15) is 51.6 Å². The van der Waals surface area contributed by atoms with Crippen LogP contribution >= 0.6 is 0 Å². The van der Waals surface area contributed by atoms with Crippen LogP contribution in [0, 0.1) is 19.8 Å². The van der Waals surface area contributed by atoms with Crippen molar-refractivity contribution in [2.75, 3.05) is 0 Å². The zero-order valence-corrected chi connectivity index (χ0v) is 16.7. The molecule has 2 atom stereocenters. The zero-order valence-electron chi connectivity index (χ0n) is 16.7. The van der Waals surface area contributed by atoms with Crippen molar-refractivity contribution in [1.29, 1.82) is 0 Å². The first-order valence-electron chi connectivity index (χ1n) is 9.29. The van der Waals surface area contributed by atoms with Crippen molar-refractivity contribution in [3.8, 4) is 0 Å². The maximum atomic E-state index is 11.8. The number of hydrogen-bond acceptors (Lipinski definition) is 6. The quantitative estimate of drug-likeness (QED) is 0.316. The van der Waals surface area contributed by atoms with Crippen molar-refractivity contribution < 1.29 is 9.53 Å². The fourth-order valence-electron chi connectivity index (χ4n) is 3.14. The van der Waals surface area contributed by atoms with Crippen molar-refractivity contribution in [3.05, 3.63) is 29.4 Å². The number of nitrogens with zero attached hydrogens (tertiary/aromatic N) is 3. The van der Waals surface area contributed by atoms with Crippen LogP contribution in [0.25, 0.3) is 0 Å². The molecule has 1 aliphatic carbocycles. The molecule has 0 aromatic carbocycles. The summed E-state index contributed by atoms with van der Waals surface area (Å²) in [7, 11) is 0. The molecule has 27 heavy (non-hydrogen) atoms. The Morgan fingerprint density at radius 3 is 2.78 bits per heavy atom. The fourth-order valence-corrected chi connectivity index (χ4v) is 3.14. The van der Waals surface area contributed by atoms with Gasteiger partial charge in [0.1, 0.15) is 23.5 Å². The maximum Gasteiger partial charge on any atom is 0.407 e. The lowest BCUT2D eigenvalue weighted by Crippen LogP contribution is -2.33.